The summed E-state index contributed by atoms with van der Waals surface area (Å²) in [6.07, 6.45) is 0.499. The first-order chi connectivity index (χ1) is 13.5. The zero-order valence-electron chi connectivity index (χ0n) is 16.4. The molecule has 1 saturated heterocycles. The van der Waals surface area contributed by atoms with Crippen LogP contribution in [0, 0.1) is 6.92 Å². The Labute approximate surface area is 164 Å². The standard InChI is InChI=1S/C22H25N3O3/c1-14-11-25(12-15(2)27-14)13-17-4-6-18(7-5-17)22(26)24-19-8-9-21-20(10-19)23-16(3)28-21/h4-10,14-15H,11-13H2,1-3H3,(H,24,26). The number of nitrogens with one attached hydrogen (secondary N) is 1. The molecule has 0 bridgehead atoms. The van der Waals surface area contributed by atoms with Crippen LogP contribution in [0.25, 0.3) is 11.1 Å². The van der Waals surface area contributed by atoms with Crippen LogP contribution in [0.5, 0.6) is 0 Å². The Hall–Kier alpha value is -2.70. The molecule has 1 fully saturated rings. The number of fused-ring (bicyclic) bond motifs is 1. The first-order valence-corrected chi connectivity index (χ1v) is 9.61. The van der Waals surface area contributed by atoms with Crippen LogP contribution in [0.3, 0.4) is 0 Å². The Kier molecular flexibility index (Phi) is 5.15. The third kappa shape index (κ3) is 4.24. The van der Waals surface area contributed by atoms with Gasteiger partial charge in [-0.1, -0.05) is 12.1 Å². The number of aryl methyl sites for hydroxylation is 1. The minimum Gasteiger partial charge on any atom is -0.441 e. The van der Waals surface area contributed by atoms with Gasteiger partial charge in [-0.25, -0.2) is 4.98 Å². The fourth-order valence-corrected chi connectivity index (χ4v) is 3.76. The van der Waals surface area contributed by atoms with Crippen molar-refractivity contribution in [2.24, 2.45) is 0 Å². The van der Waals surface area contributed by atoms with E-state index in [1.807, 2.05) is 42.5 Å². The number of carbonyl (C=O) groups is 1. The number of hydrogen-bond donors (Lipinski definition) is 1. The van der Waals surface area contributed by atoms with Crippen molar-refractivity contribution < 1.29 is 13.9 Å². The Morgan fingerprint density at radius 2 is 1.86 bits per heavy atom. The minimum atomic E-state index is -0.139. The van der Waals surface area contributed by atoms with E-state index in [0.717, 1.165) is 25.2 Å². The summed E-state index contributed by atoms with van der Waals surface area (Å²) in [6, 6.07) is 13.2. The molecule has 0 radical (unpaired) electrons. The largest absolute Gasteiger partial charge is 0.441 e. The Morgan fingerprint density at radius 1 is 1.14 bits per heavy atom. The summed E-state index contributed by atoms with van der Waals surface area (Å²) < 4.78 is 11.2. The number of morpholine rings is 1. The fourth-order valence-electron chi connectivity index (χ4n) is 3.76. The second-order valence-corrected chi connectivity index (χ2v) is 7.52. The Bertz CT molecular complexity index is 970. The van der Waals surface area contributed by atoms with Gasteiger partial charge in [0, 0.05) is 37.8 Å². The minimum absolute atomic E-state index is 0.139. The van der Waals surface area contributed by atoms with Crippen molar-refractivity contribution in [2.45, 2.75) is 39.5 Å². The summed E-state index contributed by atoms with van der Waals surface area (Å²) in [7, 11) is 0. The van der Waals surface area contributed by atoms with Gasteiger partial charge in [-0.3, -0.25) is 9.69 Å². The molecule has 3 aromatic rings. The molecule has 2 unspecified atom stereocenters. The number of oxazole rings is 1. The maximum Gasteiger partial charge on any atom is 0.255 e. The van der Waals surface area contributed by atoms with Gasteiger partial charge >= 0.3 is 0 Å². The van der Waals surface area contributed by atoms with Crippen LogP contribution in [0.1, 0.15) is 35.7 Å². The van der Waals surface area contributed by atoms with Crippen LogP contribution < -0.4 is 5.32 Å². The molecule has 1 aromatic heterocycles. The number of anilines is 1. The molecule has 1 aliphatic rings. The highest BCUT2D eigenvalue weighted by molar-refractivity contribution is 6.04. The molecule has 4 rings (SSSR count). The topological polar surface area (TPSA) is 67.6 Å². The first-order valence-electron chi connectivity index (χ1n) is 9.61. The highest BCUT2D eigenvalue weighted by Crippen LogP contribution is 2.20. The SMILES string of the molecule is Cc1nc2cc(NC(=O)c3ccc(CN4CC(C)OC(C)C4)cc3)ccc2o1. The van der Waals surface area contributed by atoms with Gasteiger partial charge in [0.25, 0.3) is 5.91 Å². The average Bonchev–Trinajstić information content (AvgIpc) is 3.00. The molecule has 0 saturated carbocycles. The lowest BCUT2D eigenvalue weighted by atomic mass is 10.1. The number of aromatic nitrogens is 1. The summed E-state index contributed by atoms with van der Waals surface area (Å²) in [5.41, 5.74) is 3.97. The van der Waals surface area contributed by atoms with Crippen LogP contribution in [-0.2, 0) is 11.3 Å². The van der Waals surface area contributed by atoms with Gasteiger partial charge in [-0.15, -0.1) is 0 Å². The lowest BCUT2D eigenvalue weighted by molar-refractivity contribution is -0.0704. The summed E-state index contributed by atoms with van der Waals surface area (Å²) in [4.78, 5) is 19.3. The lowest BCUT2D eigenvalue weighted by Crippen LogP contribution is -2.44. The van der Waals surface area contributed by atoms with Crippen molar-refractivity contribution in [1.29, 1.82) is 0 Å². The number of nitrogens with zero attached hydrogens (tertiary/aromatic N) is 2. The first kappa shape index (κ1) is 18.7. The molecule has 1 amide bonds. The molecule has 2 atom stereocenters. The van der Waals surface area contributed by atoms with E-state index in [9.17, 15) is 4.79 Å². The van der Waals surface area contributed by atoms with Gasteiger partial charge in [0.15, 0.2) is 11.5 Å². The molecule has 6 nitrogen and oxygen atoms in total. The van der Waals surface area contributed by atoms with Crippen molar-refractivity contribution in [1.82, 2.24) is 9.88 Å². The predicted octanol–water partition coefficient (Wildman–Crippen LogP) is 4.00. The van der Waals surface area contributed by atoms with Gasteiger partial charge < -0.3 is 14.5 Å². The highest BCUT2D eigenvalue weighted by atomic mass is 16.5. The predicted molar refractivity (Wildman–Crippen MR) is 108 cm³/mol. The molecule has 2 heterocycles. The third-order valence-electron chi connectivity index (χ3n) is 4.87. The number of amides is 1. The van der Waals surface area contributed by atoms with Gasteiger partial charge in [0.2, 0.25) is 0 Å². The summed E-state index contributed by atoms with van der Waals surface area (Å²) in [5, 5.41) is 2.92. The van der Waals surface area contributed by atoms with Crippen molar-refractivity contribution >= 4 is 22.7 Å². The molecule has 2 aromatic carbocycles. The molecular formula is C22H25N3O3. The van der Waals surface area contributed by atoms with Crippen molar-refractivity contribution in [3.05, 3.63) is 59.5 Å². The van der Waals surface area contributed by atoms with Gasteiger partial charge in [-0.2, -0.15) is 0 Å². The second kappa shape index (κ2) is 7.73. The smallest absolute Gasteiger partial charge is 0.255 e. The normalized spacial score (nSPS) is 20.4. The van der Waals surface area contributed by atoms with E-state index in [-0.39, 0.29) is 18.1 Å². The number of rotatable bonds is 4. The molecule has 0 spiro atoms. The molecule has 146 valence electrons. The second-order valence-electron chi connectivity index (χ2n) is 7.52. The Morgan fingerprint density at radius 3 is 2.57 bits per heavy atom. The van der Waals surface area contributed by atoms with E-state index in [1.165, 1.54) is 5.56 Å². The van der Waals surface area contributed by atoms with Crippen LogP contribution >= 0.6 is 0 Å². The highest BCUT2D eigenvalue weighted by Gasteiger charge is 2.22. The number of ether oxygens (including phenoxy) is 1. The fraction of sp³-hybridized carbons (Fsp3) is 0.364. The summed E-state index contributed by atoms with van der Waals surface area (Å²) in [5.74, 6) is 0.470. The van der Waals surface area contributed by atoms with E-state index >= 15 is 0 Å². The van der Waals surface area contributed by atoms with Crippen LogP contribution in [0.2, 0.25) is 0 Å². The van der Waals surface area contributed by atoms with Crippen molar-refractivity contribution in [3.63, 3.8) is 0 Å². The third-order valence-corrected chi connectivity index (χ3v) is 4.87. The van der Waals surface area contributed by atoms with E-state index in [2.05, 4.69) is 29.0 Å². The quantitative estimate of drug-likeness (QED) is 0.742. The number of carbonyl (C=O) groups excluding carboxylic acids is 1. The van der Waals surface area contributed by atoms with Crippen molar-refractivity contribution in [2.75, 3.05) is 18.4 Å². The maximum atomic E-state index is 12.6. The van der Waals surface area contributed by atoms with Gasteiger partial charge in [0.1, 0.15) is 5.52 Å². The zero-order valence-corrected chi connectivity index (χ0v) is 16.4. The lowest BCUT2D eigenvalue weighted by Gasteiger charge is -2.35. The van der Waals surface area contributed by atoms with Crippen LogP contribution in [-0.4, -0.2) is 41.1 Å². The number of hydrogen-bond acceptors (Lipinski definition) is 5. The molecule has 1 aliphatic heterocycles. The molecule has 6 heteroatoms. The molecular weight excluding hydrogens is 354 g/mol. The molecule has 1 N–H and O–H groups in total. The van der Waals surface area contributed by atoms with E-state index in [0.29, 0.717) is 22.7 Å². The molecule has 28 heavy (non-hydrogen) atoms. The monoisotopic (exact) mass is 379 g/mol. The average molecular weight is 379 g/mol. The maximum absolute atomic E-state index is 12.6. The summed E-state index contributed by atoms with van der Waals surface area (Å²) in [6.45, 7) is 8.73. The number of benzene rings is 2. The van der Waals surface area contributed by atoms with Gasteiger partial charge in [-0.05, 0) is 49.7 Å². The zero-order chi connectivity index (χ0) is 19.7. The Balaban J connectivity index is 1.40. The van der Waals surface area contributed by atoms with Gasteiger partial charge in [0.05, 0.1) is 12.2 Å². The van der Waals surface area contributed by atoms with Crippen LogP contribution in [0.15, 0.2) is 46.9 Å². The van der Waals surface area contributed by atoms with E-state index in [4.69, 9.17) is 9.15 Å². The molecule has 0 aliphatic carbocycles. The van der Waals surface area contributed by atoms with Crippen LogP contribution in [0.4, 0.5) is 5.69 Å². The van der Waals surface area contributed by atoms with E-state index < -0.39 is 0 Å². The van der Waals surface area contributed by atoms with Crippen molar-refractivity contribution in [3.8, 4) is 0 Å². The van der Waals surface area contributed by atoms with E-state index in [1.54, 1.807) is 6.92 Å². The summed E-state index contributed by atoms with van der Waals surface area (Å²) >= 11 is 0.